The van der Waals surface area contributed by atoms with Gasteiger partial charge in [0, 0.05) is 26.1 Å². The van der Waals surface area contributed by atoms with Gasteiger partial charge in [0.15, 0.2) is 0 Å². The van der Waals surface area contributed by atoms with Gasteiger partial charge in [0.25, 0.3) is 0 Å². The van der Waals surface area contributed by atoms with Crippen molar-refractivity contribution in [3.05, 3.63) is 0 Å². The summed E-state index contributed by atoms with van der Waals surface area (Å²) in [6.45, 7) is 2.20. The number of nitrogens with zero attached hydrogens (tertiary/aromatic N) is 4. The predicted molar refractivity (Wildman–Crippen MR) is 89.2 cm³/mol. The van der Waals surface area contributed by atoms with E-state index in [4.69, 9.17) is 0 Å². The van der Waals surface area contributed by atoms with Gasteiger partial charge in [0.2, 0.25) is 17.7 Å². The van der Waals surface area contributed by atoms with E-state index in [0.717, 1.165) is 32.4 Å². The zero-order chi connectivity index (χ0) is 16.3. The summed E-state index contributed by atoms with van der Waals surface area (Å²) in [5, 5.41) is 7.66. The van der Waals surface area contributed by atoms with Crippen molar-refractivity contribution in [2.75, 3.05) is 31.9 Å². The molecule has 0 radical (unpaired) electrons. The molecule has 3 amide bonds. The topological polar surface area (TPSA) is 94.4 Å². The van der Waals surface area contributed by atoms with E-state index in [-0.39, 0.29) is 30.0 Å². The summed E-state index contributed by atoms with van der Waals surface area (Å²) in [6, 6.07) is 0. The molecule has 2 fully saturated rings. The van der Waals surface area contributed by atoms with Crippen LogP contribution in [0.15, 0.2) is 10.2 Å². The first-order valence-electron chi connectivity index (χ1n) is 7.82. The maximum absolute atomic E-state index is 12.4. The first-order valence-corrected chi connectivity index (χ1v) is 9.74. The summed E-state index contributed by atoms with van der Waals surface area (Å²) in [4.78, 5) is 39.7. The molecule has 9 heteroatoms. The second-order valence-electron chi connectivity index (χ2n) is 5.97. The van der Waals surface area contributed by atoms with Gasteiger partial charge in [-0.1, -0.05) is 10.2 Å². The molecule has 3 heterocycles. The largest absolute Gasteiger partial charge is 0.342 e. The molecule has 0 atom stereocenters. The summed E-state index contributed by atoms with van der Waals surface area (Å²) in [5.74, 6) is -0.0371. The highest BCUT2D eigenvalue weighted by molar-refractivity contribution is 8.53. The normalized spacial score (nSPS) is 23.6. The molecule has 3 rings (SSSR count). The number of hydrogen-bond donors (Lipinski definition) is 1. The fraction of sp³-hybridized carbons (Fsp3) is 0.643. The summed E-state index contributed by atoms with van der Waals surface area (Å²) in [6.07, 6.45) is 3.35. The minimum absolute atomic E-state index is 0.00565. The SMILES string of the molecule is O=C(CN1CCCC1=O)NS1(CC(=O)N2CCCC2)C=NN=C1. The lowest BCUT2D eigenvalue weighted by Crippen LogP contribution is -2.42. The quantitative estimate of drug-likeness (QED) is 0.767. The second-order valence-corrected chi connectivity index (χ2v) is 8.58. The number of likely N-dealkylation sites (tertiary alicyclic amines) is 2. The average Bonchev–Trinajstić information content (AvgIpc) is 3.22. The molecule has 0 bridgehead atoms. The van der Waals surface area contributed by atoms with Gasteiger partial charge in [-0.05, 0) is 19.3 Å². The number of carbonyl (C=O) groups excluding carboxylic acids is 3. The summed E-state index contributed by atoms with van der Waals surface area (Å²) in [5.41, 5.74) is 3.15. The molecule has 0 aromatic carbocycles. The molecule has 0 spiro atoms. The lowest BCUT2D eigenvalue weighted by molar-refractivity contribution is -0.132. The summed E-state index contributed by atoms with van der Waals surface area (Å²) < 4.78 is 2.90. The van der Waals surface area contributed by atoms with Crippen LogP contribution in [0.5, 0.6) is 0 Å². The molecule has 3 aliphatic rings. The maximum atomic E-state index is 12.4. The molecule has 23 heavy (non-hydrogen) atoms. The summed E-state index contributed by atoms with van der Waals surface area (Å²) >= 11 is 0. The van der Waals surface area contributed by atoms with Gasteiger partial charge in [0.05, 0.1) is 16.8 Å². The zero-order valence-electron chi connectivity index (χ0n) is 12.9. The Morgan fingerprint density at radius 1 is 1.13 bits per heavy atom. The van der Waals surface area contributed by atoms with Gasteiger partial charge in [-0.2, -0.15) is 10.2 Å². The van der Waals surface area contributed by atoms with E-state index in [9.17, 15) is 14.4 Å². The van der Waals surface area contributed by atoms with Crippen molar-refractivity contribution in [3.8, 4) is 0 Å². The molecule has 1 N–H and O–H groups in total. The highest BCUT2D eigenvalue weighted by Gasteiger charge is 2.32. The van der Waals surface area contributed by atoms with E-state index in [0.29, 0.717) is 13.0 Å². The van der Waals surface area contributed by atoms with Gasteiger partial charge in [0.1, 0.15) is 6.54 Å². The molecule has 8 nitrogen and oxygen atoms in total. The van der Waals surface area contributed by atoms with Crippen molar-refractivity contribution in [3.63, 3.8) is 0 Å². The highest BCUT2D eigenvalue weighted by Crippen LogP contribution is 2.41. The van der Waals surface area contributed by atoms with Gasteiger partial charge >= 0.3 is 0 Å². The highest BCUT2D eigenvalue weighted by atomic mass is 32.3. The fourth-order valence-corrected chi connectivity index (χ4v) is 4.87. The first kappa shape index (κ1) is 16.0. The van der Waals surface area contributed by atoms with Gasteiger partial charge < -0.3 is 14.5 Å². The number of amides is 3. The Morgan fingerprint density at radius 2 is 1.83 bits per heavy atom. The monoisotopic (exact) mass is 339 g/mol. The van der Waals surface area contributed by atoms with Crippen LogP contribution in [0.25, 0.3) is 0 Å². The maximum Gasteiger partial charge on any atom is 0.248 e. The average molecular weight is 339 g/mol. The van der Waals surface area contributed by atoms with Crippen molar-refractivity contribution >= 4 is 39.0 Å². The molecule has 0 saturated carbocycles. The molecule has 126 valence electrons. The third kappa shape index (κ3) is 3.72. The van der Waals surface area contributed by atoms with Crippen molar-refractivity contribution in [1.82, 2.24) is 14.5 Å². The van der Waals surface area contributed by atoms with Crippen LogP contribution in [-0.4, -0.2) is 70.5 Å². The van der Waals surface area contributed by atoms with E-state index < -0.39 is 10.2 Å². The van der Waals surface area contributed by atoms with E-state index in [2.05, 4.69) is 14.9 Å². The minimum Gasteiger partial charge on any atom is -0.342 e. The lowest BCUT2D eigenvalue weighted by Gasteiger charge is -2.31. The molecule has 0 aromatic heterocycles. The fourth-order valence-electron chi connectivity index (χ4n) is 2.96. The molecule has 0 unspecified atom stereocenters. The van der Waals surface area contributed by atoms with Crippen LogP contribution in [0.3, 0.4) is 0 Å². The molecular weight excluding hydrogens is 318 g/mol. The second kappa shape index (κ2) is 6.69. The Labute approximate surface area is 136 Å². The van der Waals surface area contributed by atoms with Gasteiger partial charge in [-0.3, -0.25) is 14.4 Å². The van der Waals surface area contributed by atoms with Crippen LogP contribution in [0.4, 0.5) is 0 Å². The summed E-state index contributed by atoms with van der Waals surface area (Å²) in [7, 11) is -1.97. The zero-order valence-corrected chi connectivity index (χ0v) is 13.8. The van der Waals surface area contributed by atoms with Gasteiger partial charge in [-0.25, -0.2) is 0 Å². The van der Waals surface area contributed by atoms with E-state index in [1.54, 1.807) is 16.0 Å². The van der Waals surface area contributed by atoms with Crippen LogP contribution in [0, 0.1) is 0 Å². The van der Waals surface area contributed by atoms with Crippen molar-refractivity contribution in [2.24, 2.45) is 10.2 Å². The molecule has 0 aromatic rings. The Balaban J connectivity index is 1.60. The third-order valence-electron chi connectivity index (χ3n) is 4.17. The van der Waals surface area contributed by atoms with Crippen molar-refractivity contribution < 1.29 is 14.4 Å². The van der Waals surface area contributed by atoms with Crippen LogP contribution >= 0.6 is 10.2 Å². The van der Waals surface area contributed by atoms with E-state index in [1.165, 1.54) is 0 Å². The van der Waals surface area contributed by atoms with Crippen LogP contribution in [0.2, 0.25) is 0 Å². The first-order chi connectivity index (χ1) is 11.1. The van der Waals surface area contributed by atoms with E-state index >= 15 is 0 Å². The standard InChI is InChI=1S/C14H21N5O3S/c20-12(8-19-7-3-4-13(19)21)17-23(10-15-16-11-23)9-14(22)18-5-1-2-6-18/h10-11H,1-9H2,(H,17,20). The van der Waals surface area contributed by atoms with Crippen molar-refractivity contribution in [2.45, 2.75) is 25.7 Å². The molecular formula is C14H21N5O3S. The Hall–Kier alpha value is -1.90. The molecule has 2 saturated heterocycles. The predicted octanol–water partition coefficient (Wildman–Crippen LogP) is 0.0522. The van der Waals surface area contributed by atoms with Crippen LogP contribution in [0.1, 0.15) is 25.7 Å². The van der Waals surface area contributed by atoms with Crippen LogP contribution in [-0.2, 0) is 14.4 Å². The Kier molecular flexibility index (Phi) is 4.65. The third-order valence-corrected chi connectivity index (χ3v) is 6.44. The van der Waals surface area contributed by atoms with Gasteiger partial charge in [-0.15, -0.1) is 0 Å². The number of carbonyl (C=O) groups is 3. The molecule has 3 aliphatic heterocycles. The number of nitrogens with one attached hydrogen (secondary N) is 1. The van der Waals surface area contributed by atoms with Crippen molar-refractivity contribution in [1.29, 1.82) is 0 Å². The Bertz CT molecular complexity index is 559. The Morgan fingerprint density at radius 3 is 2.43 bits per heavy atom. The van der Waals surface area contributed by atoms with Crippen LogP contribution < -0.4 is 4.72 Å². The molecule has 0 aliphatic carbocycles. The van der Waals surface area contributed by atoms with E-state index in [1.807, 2.05) is 4.90 Å². The number of rotatable bonds is 5. The lowest BCUT2D eigenvalue weighted by atomic mass is 10.4. The number of hydrogen-bond acceptors (Lipinski definition) is 5. The minimum atomic E-state index is -1.97. The smallest absolute Gasteiger partial charge is 0.248 e.